The van der Waals surface area contributed by atoms with Gasteiger partial charge in [0.25, 0.3) is 10.0 Å². The van der Waals surface area contributed by atoms with Crippen molar-refractivity contribution in [2.24, 2.45) is 5.14 Å². The third-order valence-corrected chi connectivity index (χ3v) is 5.67. The molecule has 0 atom stereocenters. The summed E-state index contributed by atoms with van der Waals surface area (Å²) in [6.07, 6.45) is 1.64. The van der Waals surface area contributed by atoms with Crippen LogP contribution in [-0.2, 0) is 10.0 Å². The number of hydrogen-bond donors (Lipinski definition) is 1. The summed E-state index contributed by atoms with van der Waals surface area (Å²) >= 11 is 0.928. The van der Waals surface area contributed by atoms with Crippen LogP contribution in [0.1, 0.15) is 0 Å². The molecule has 2 aromatic heterocycles. The van der Waals surface area contributed by atoms with Crippen LogP contribution >= 0.6 is 11.3 Å². The molecule has 4 rings (SSSR count). The molecular weight excluding hydrogens is 360 g/mol. The molecule has 0 bridgehead atoms. The number of sulfonamides is 1. The molecule has 0 saturated carbocycles. The Bertz CT molecular complexity index is 1130. The summed E-state index contributed by atoms with van der Waals surface area (Å²) in [5.41, 5.74) is 1.51. The molecule has 25 heavy (non-hydrogen) atoms. The second-order valence-electron chi connectivity index (χ2n) is 5.19. The van der Waals surface area contributed by atoms with Crippen molar-refractivity contribution in [1.82, 2.24) is 14.6 Å². The Kier molecular flexibility index (Phi) is 3.75. The number of nitrogens with two attached hydrogens (primary N) is 1. The molecule has 126 valence electrons. The Labute approximate surface area is 147 Å². The minimum atomic E-state index is -3.85. The average molecular weight is 372 g/mol. The van der Waals surface area contributed by atoms with E-state index in [0.717, 1.165) is 22.6 Å². The Morgan fingerprint density at radius 3 is 2.36 bits per heavy atom. The highest BCUT2D eigenvalue weighted by atomic mass is 32.2. The number of nitrogens with zero attached hydrogens (tertiary/aromatic N) is 3. The van der Waals surface area contributed by atoms with Crippen LogP contribution in [0.25, 0.3) is 16.2 Å². The maximum Gasteiger partial charge on any atom is 0.267 e. The van der Waals surface area contributed by atoms with E-state index in [9.17, 15) is 8.42 Å². The first-order valence-electron chi connectivity index (χ1n) is 7.21. The molecule has 0 aliphatic carbocycles. The largest absolute Gasteiger partial charge is 0.457 e. The number of para-hydroxylation sites is 1. The molecule has 7 nitrogen and oxygen atoms in total. The maximum absolute atomic E-state index is 11.4. The molecule has 0 amide bonds. The van der Waals surface area contributed by atoms with Gasteiger partial charge in [0, 0.05) is 5.56 Å². The number of imidazole rings is 1. The fourth-order valence-electron chi connectivity index (χ4n) is 2.31. The fraction of sp³-hybridized carbons (Fsp3) is 0. The summed E-state index contributed by atoms with van der Waals surface area (Å²) in [6.45, 7) is 0. The van der Waals surface area contributed by atoms with E-state index in [0.29, 0.717) is 16.4 Å². The van der Waals surface area contributed by atoms with E-state index in [1.165, 1.54) is 4.52 Å². The molecule has 9 heteroatoms. The lowest BCUT2D eigenvalue weighted by Crippen LogP contribution is -2.12. The number of ether oxygens (including phenoxy) is 1. The number of hydrogen-bond acceptors (Lipinski definition) is 6. The molecular formula is C16H12N4O3S2. The Morgan fingerprint density at radius 1 is 1.00 bits per heavy atom. The first-order valence-corrected chi connectivity index (χ1v) is 9.58. The van der Waals surface area contributed by atoms with E-state index >= 15 is 0 Å². The van der Waals surface area contributed by atoms with E-state index in [1.54, 1.807) is 6.20 Å². The number of rotatable bonds is 4. The van der Waals surface area contributed by atoms with Gasteiger partial charge in [0.05, 0.1) is 11.9 Å². The first-order chi connectivity index (χ1) is 12.0. The number of primary sulfonamides is 1. The normalized spacial score (nSPS) is 11.7. The SMILES string of the molecule is NS(=O)(=O)c1nn2c(-c3ccc(Oc4ccccc4)cc3)cnc2s1. The van der Waals surface area contributed by atoms with Gasteiger partial charge in [-0.15, -0.1) is 5.10 Å². The highest BCUT2D eigenvalue weighted by Gasteiger charge is 2.18. The smallest absolute Gasteiger partial charge is 0.267 e. The highest BCUT2D eigenvalue weighted by Crippen LogP contribution is 2.28. The van der Waals surface area contributed by atoms with Crippen molar-refractivity contribution in [3.8, 4) is 22.8 Å². The van der Waals surface area contributed by atoms with Crippen molar-refractivity contribution < 1.29 is 13.2 Å². The Hall–Kier alpha value is -2.75. The minimum absolute atomic E-state index is 0.166. The maximum atomic E-state index is 11.4. The molecule has 0 spiro atoms. The summed E-state index contributed by atoms with van der Waals surface area (Å²) in [5, 5.41) is 9.16. The summed E-state index contributed by atoms with van der Waals surface area (Å²) < 4.78 is 29.9. The first kappa shape index (κ1) is 15.8. The van der Waals surface area contributed by atoms with Crippen LogP contribution in [-0.4, -0.2) is 23.0 Å². The zero-order valence-corrected chi connectivity index (χ0v) is 14.4. The van der Waals surface area contributed by atoms with E-state index < -0.39 is 10.0 Å². The lowest BCUT2D eigenvalue weighted by molar-refractivity contribution is 0.483. The van der Waals surface area contributed by atoms with Crippen molar-refractivity contribution in [2.75, 3.05) is 0 Å². The van der Waals surface area contributed by atoms with Crippen LogP contribution in [0, 0.1) is 0 Å². The Morgan fingerprint density at radius 2 is 1.68 bits per heavy atom. The van der Waals surface area contributed by atoms with Crippen LogP contribution in [0.4, 0.5) is 0 Å². The Balaban J connectivity index is 1.66. The standard InChI is InChI=1S/C16H12N4O3S2/c17-25(21,22)16-19-20-14(10-18-15(20)24-16)11-6-8-13(9-7-11)23-12-4-2-1-3-5-12/h1-10H,(H2,17,21,22). The van der Waals surface area contributed by atoms with E-state index in [4.69, 9.17) is 9.88 Å². The molecule has 2 heterocycles. The van der Waals surface area contributed by atoms with Crippen molar-refractivity contribution in [2.45, 2.75) is 4.34 Å². The average Bonchev–Trinajstić information content (AvgIpc) is 3.17. The van der Waals surface area contributed by atoms with Gasteiger partial charge in [-0.05, 0) is 36.4 Å². The van der Waals surface area contributed by atoms with Crippen molar-refractivity contribution >= 4 is 26.3 Å². The summed E-state index contributed by atoms with van der Waals surface area (Å²) in [5.74, 6) is 1.44. The van der Waals surface area contributed by atoms with Gasteiger partial charge in [-0.2, -0.15) is 0 Å². The predicted molar refractivity (Wildman–Crippen MR) is 94.2 cm³/mol. The van der Waals surface area contributed by atoms with Crippen molar-refractivity contribution in [3.63, 3.8) is 0 Å². The molecule has 0 radical (unpaired) electrons. The molecule has 0 aliphatic rings. The second kappa shape index (κ2) is 5.96. The van der Waals surface area contributed by atoms with Gasteiger partial charge >= 0.3 is 0 Å². The molecule has 0 saturated heterocycles. The van der Waals surface area contributed by atoms with Gasteiger partial charge in [-0.1, -0.05) is 29.5 Å². The molecule has 0 fully saturated rings. The van der Waals surface area contributed by atoms with Crippen LogP contribution in [0.5, 0.6) is 11.5 Å². The van der Waals surface area contributed by atoms with Crippen molar-refractivity contribution in [3.05, 3.63) is 60.8 Å². The van der Waals surface area contributed by atoms with Crippen LogP contribution < -0.4 is 9.88 Å². The number of fused-ring (bicyclic) bond motifs is 1. The van der Waals surface area contributed by atoms with Gasteiger partial charge in [0.1, 0.15) is 11.5 Å². The van der Waals surface area contributed by atoms with E-state index in [1.807, 2.05) is 54.6 Å². The molecule has 0 unspecified atom stereocenters. The van der Waals surface area contributed by atoms with Crippen molar-refractivity contribution in [1.29, 1.82) is 0 Å². The lowest BCUT2D eigenvalue weighted by atomic mass is 10.1. The molecule has 2 N–H and O–H groups in total. The monoisotopic (exact) mass is 372 g/mol. The summed E-state index contributed by atoms with van der Waals surface area (Å²) in [4.78, 5) is 4.65. The van der Waals surface area contributed by atoms with E-state index in [-0.39, 0.29) is 4.34 Å². The lowest BCUT2D eigenvalue weighted by Gasteiger charge is -2.06. The minimum Gasteiger partial charge on any atom is -0.457 e. The quantitative estimate of drug-likeness (QED) is 0.594. The van der Waals surface area contributed by atoms with E-state index in [2.05, 4.69) is 10.1 Å². The van der Waals surface area contributed by atoms with Gasteiger partial charge < -0.3 is 4.74 Å². The molecule has 4 aromatic rings. The summed E-state index contributed by atoms with van der Waals surface area (Å²) in [6, 6.07) is 16.8. The zero-order valence-electron chi connectivity index (χ0n) is 12.7. The third-order valence-electron chi connectivity index (χ3n) is 3.44. The van der Waals surface area contributed by atoms with Gasteiger partial charge in [0.15, 0.2) is 0 Å². The molecule has 0 aliphatic heterocycles. The predicted octanol–water partition coefficient (Wildman–Crippen LogP) is 2.90. The topological polar surface area (TPSA) is 99.6 Å². The van der Waals surface area contributed by atoms with Gasteiger partial charge in [0.2, 0.25) is 9.30 Å². The number of benzene rings is 2. The fourth-order valence-corrected chi connectivity index (χ4v) is 3.80. The van der Waals surface area contributed by atoms with Crippen LogP contribution in [0.15, 0.2) is 65.1 Å². The van der Waals surface area contributed by atoms with Crippen LogP contribution in [0.2, 0.25) is 0 Å². The number of aromatic nitrogens is 3. The third kappa shape index (κ3) is 3.12. The van der Waals surface area contributed by atoms with Gasteiger partial charge in [-0.25, -0.2) is 23.1 Å². The summed E-state index contributed by atoms with van der Waals surface area (Å²) in [7, 11) is -3.85. The molecule has 2 aromatic carbocycles. The highest BCUT2D eigenvalue weighted by molar-refractivity contribution is 7.91. The van der Waals surface area contributed by atoms with Gasteiger partial charge in [-0.3, -0.25) is 0 Å². The second-order valence-corrected chi connectivity index (χ2v) is 7.88. The van der Waals surface area contributed by atoms with Crippen LogP contribution in [0.3, 0.4) is 0 Å². The zero-order chi connectivity index (χ0) is 17.4.